The fourth-order valence-corrected chi connectivity index (χ4v) is 1.26. The van der Waals surface area contributed by atoms with Gasteiger partial charge in [-0.1, -0.05) is 0 Å². The molecule has 0 radical (unpaired) electrons. The molecule has 0 rings (SSSR count). The van der Waals surface area contributed by atoms with Crippen LogP contribution in [0.1, 0.15) is 12.8 Å². The van der Waals surface area contributed by atoms with Gasteiger partial charge in [0.25, 0.3) is 0 Å². The molecule has 0 saturated carbocycles. The van der Waals surface area contributed by atoms with E-state index in [-0.39, 0.29) is 13.2 Å². The number of hydrazine groups is 1. The van der Waals surface area contributed by atoms with Crippen LogP contribution in [0.3, 0.4) is 0 Å². The van der Waals surface area contributed by atoms with Crippen LogP contribution in [-0.2, 0) is 14.2 Å². The van der Waals surface area contributed by atoms with Gasteiger partial charge in [0.1, 0.15) is 0 Å². The molecule has 0 spiro atoms. The Hall–Kier alpha value is -0.280. The molecule has 0 aliphatic heterocycles. The van der Waals surface area contributed by atoms with Crippen molar-refractivity contribution in [3.05, 3.63) is 0 Å². The van der Waals surface area contributed by atoms with E-state index < -0.39 is 0 Å². The van der Waals surface area contributed by atoms with E-state index >= 15 is 0 Å². The number of ether oxygens (including phenoxy) is 3. The van der Waals surface area contributed by atoms with Gasteiger partial charge >= 0.3 is 0 Å². The molecule has 0 amide bonds. The predicted molar refractivity (Wildman–Crippen MR) is 71.9 cm³/mol. The van der Waals surface area contributed by atoms with Crippen LogP contribution >= 0.6 is 0 Å². The monoisotopic (exact) mass is 280 g/mol. The highest BCUT2D eigenvalue weighted by atomic mass is 16.5. The molecule has 0 aliphatic rings. The Morgan fingerprint density at radius 3 is 1.47 bits per heavy atom. The summed E-state index contributed by atoms with van der Waals surface area (Å²) in [7, 11) is 0. The third kappa shape index (κ3) is 17.7. The van der Waals surface area contributed by atoms with Gasteiger partial charge < -0.3 is 24.4 Å². The molecule has 0 bridgehead atoms. The van der Waals surface area contributed by atoms with Crippen molar-refractivity contribution in [2.75, 3.05) is 65.9 Å². The highest BCUT2D eigenvalue weighted by Gasteiger charge is 1.91. The van der Waals surface area contributed by atoms with Crippen LogP contribution < -0.4 is 10.9 Å². The number of hydrogen-bond acceptors (Lipinski definition) is 7. The molecule has 0 heterocycles. The third-order valence-corrected chi connectivity index (χ3v) is 2.15. The summed E-state index contributed by atoms with van der Waals surface area (Å²) in [5.74, 6) is 0. The largest absolute Gasteiger partial charge is 0.394 e. The fraction of sp³-hybridized carbons (Fsp3) is 1.00. The van der Waals surface area contributed by atoms with Gasteiger partial charge in [-0.3, -0.25) is 10.9 Å². The second-order valence-electron chi connectivity index (χ2n) is 3.84. The van der Waals surface area contributed by atoms with Crippen LogP contribution in [0.15, 0.2) is 0 Å². The summed E-state index contributed by atoms with van der Waals surface area (Å²) in [6.07, 6.45) is 1.83. The van der Waals surface area contributed by atoms with E-state index in [9.17, 15) is 0 Å². The minimum Gasteiger partial charge on any atom is -0.394 e. The first-order chi connectivity index (χ1) is 9.41. The minimum absolute atomic E-state index is 0.0562. The first-order valence-electron chi connectivity index (χ1n) is 6.82. The van der Waals surface area contributed by atoms with Gasteiger partial charge in [0, 0.05) is 26.3 Å². The lowest BCUT2D eigenvalue weighted by Gasteiger charge is -2.08. The highest BCUT2D eigenvalue weighted by Crippen LogP contribution is 1.83. The number of hydrogen-bond donors (Lipinski definition) is 4. The number of aliphatic hydroxyl groups excluding tert-OH is 2. The molecule has 7 nitrogen and oxygen atoms in total. The number of nitrogens with one attached hydrogen (secondary N) is 2. The molecule has 0 aromatic carbocycles. The van der Waals surface area contributed by atoms with Crippen molar-refractivity contribution in [1.29, 1.82) is 0 Å². The summed E-state index contributed by atoms with van der Waals surface area (Å²) in [6, 6.07) is 0. The van der Waals surface area contributed by atoms with Crippen LogP contribution in [0, 0.1) is 0 Å². The molecule has 7 heteroatoms. The zero-order valence-corrected chi connectivity index (χ0v) is 11.6. The Morgan fingerprint density at radius 1 is 0.579 bits per heavy atom. The zero-order valence-electron chi connectivity index (χ0n) is 11.6. The van der Waals surface area contributed by atoms with Gasteiger partial charge in [0.05, 0.1) is 39.6 Å². The van der Waals surface area contributed by atoms with E-state index in [0.29, 0.717) is 39.6 Å². The molecule has 0 unspecified atom stereocenters. The van der Waals surface area contributed by atoms with Gasteiger partial charge in [0.2, 0.25) is 0 Å². The standard InChI is InChI=1S/C12H28N2O5/c15-5-9-17-7-1-3-13-14-4-2-8-18-11-12-19-10-6-16/h13-16H,1-12H2. The first kappa shape index (κ1) is 18.7. The summed E-state index contributed by atoms with van der Waals surface area (Å²) in [5.41, 5.74) is 6.17. The van der Waals surface area contributed by atoms with Crippen molar-refractivity contribution in [1.82, 2.24) is 10.9 Å². The summed E-state index contributed by atoms with van der Waals surface area (Å²) in [6.45, 7) is 5.04. The number of rotatable bonds is 16. The van der Waals surface area contributed by atoms with E-state index in [1.807, 2.05) is 0 Å². The van der Waals surface area contributed by atoms with Crippen LogP contribution in [0.5, 0.6) is 0 Å². The van der Waals surface area contributed by atoms with Crippen molar-refractivity contribution >= 4 is 0 Å². The van der Waals surface area contributed by atoms with Crippen molar-refractivity contribution < 1.29 is 24.4 Å². The van der Waals surface area contributed by atoms with Crippen LogP contribution in [0.4, 0.5) is 0 Å². The normalized spacial score (nSPS) is 11.1. The number of aliphatic hydroxyl groups is 2. The lowest BCUT2D eigenvalue weighted by atomic mass is 10.4. The van der Waals surface area contributed by atoms with Gasteiger partial charge in [-0.05, 0) is 12.8 Å². The van der Waals surface area contributed by atoms with Crippen molar-refractivity contribution in [3.8, 4) is 0 Å². The van der Waals surface area contributed by atoms with E-state index in [1.54, 1.807) is 0 Å². The zero-order chi connectivity index (χ0) is 14.0. The Labute approximate surface area is 115 Å². The van der Waals surface area contributed by atoms with Crippen LogP contribution in [-0.4, -0.2) is 76.2 Å². The molecule has 0 aromatic heterocycles. The Morgan fingerprint density at radius 2 is 1.00 bits per heavy atom. The van der Waals surface area contributed by atoms with Crippen LogP contribution in [0.2, 0.25) is 0 Å². The highest BCUT2D eigenvalue weighted by molar-refractivity contribution is 4.44. The van der Waals surface area contributed by atoms with E-state index in [2.05, 4.69) is 10.9 Å². The molecular formula is C12H28N2O5. The quantitative estimate of drug-likeness (QED) is 0.211. The second kappa shape index (κ2) is 17.7. The van der Waals surface area contributed by atoms with Crippen LogP contribution in [0.25, 0.3) is 0 Å². The lowest BCUT2D eigenvalue weighted by Crippen LogP contribution is -2.34. The van der Waals surface area contributed by atoms with Gasteiger partial charge in [-0.25, -0.2) is 0 Å². The molecule has 116 valence electrons. The van der Waals surface area contributed by atoms with E-state index in [1.165, 1.54) is 0 Å². The lowest BCUT2D eigenvalue weighted by molar-refractivity contribution is 0.0324. The maximum atomic E-state index is 8.49. The predicted octanol–water partition coefficient (Wildman–Crippen LogP) is -1.10. The SMILES string of the molecule is OCCOCCCNNCCCOCCOCCO. The fourth-order valence-electron chi connectivity index (χ4n) is 1.26. The van der Waals surface area contributed by atoms with Gasteiger partial charge in [-0.2, -0.15) is 0 Å². The van der Waals surface area contributed by atoms with Crippen molar-refractivity contribution in [3.63, 3.8) is 0 Å². The topological polar surface area (TPSA) is 92.2 Å². The smallest absolute Gasteiger partial charge is 0.0701 e. The minimum atomic E-state index is 0.0562. The Bertz CT molecular complexity index is 147. The third-order valence-electron chi connectivity index (χ3n) is 2.15. The maximum Gasteiger partial charge on any atom is 0.0701 e. The summed E-state index contributed by atoms with van der Waals surface area (Å²) >= 11 is 0. The maximum absolute atomic E-state index is 8.49. The molecule has 19 heavy (non-hydrogen) atoms. The summed E-state index contributed by atoms with van der Waals surface area (Å²) in [5, 5.41) is 17.0. The molecule has 0 saturated heterocycles. The summed E-state index contributed by atoms with van der Waals surface area (Å²) < 4.78 is 15.5. The molecule has 0 aliphatic carbocycles. The van der Waals surface area contributed by atoms with Crippen molar-refractivity contribution in [2.45, 2.75) is 12.8 Å². The van der Waals surface area contributed by atoms with E-state index in [4.69, 9.17) is 24.4 Å². The summed E-state index contributed by atoms with van der Waals surface area (Å²) in [4.78, 5) is 0. The molecule has 0 fully saturated rings. The first-order valence-corrected chi connectivity index (χ1v) is 6.82. The van der Waals surface area contributed by atoms with Gasteiger partial charge in [0.15, 0.2) is 0 Å². The van der Waals surface area contributed by atoms with Gasteiger partial charge in [-0.15, -0.1) is 0 Å². The average molecular weight is 280 g/mol. The Kier molecular flexibility index (Phi) is 17.5. The van der Waals surface area contributed by atoms with Crippen molar-refractivity contribution in [2.24, 2.45) is 0 Å². The molecular weight excluding hydrogens is 252 g/mol. The molecule has 4 N–H and O–H groups in total. The van der Waals surface area contributed by atoms with E-state index in [0.717, 1.165) is 25.9 Å². The molecule has 0 aromatic rings. The molecule has 0 atom stereocenters. The average Bonchev–Trinajstić information content (AvgIpc) is 2.43. The Balaban J connectivity index is 2.88. The second-order valence-corrected chi connectivity index (χ2v) is 3.84.